The highest BCUT2D eigenvalue weighted by atomic mass is 16.5. The summed E-state index contributed by atoms with van der Waals surface area (Å²) in [6.07, 6.45) is 1.57. The number of ether oxygens (including phenoxy) is 1. The lowest BCUT2D eigenvalue weighted by atomic mass is 9.98. The first-order valence-corrected chi connectivity index (χ1v) is 9.72. The van der Waals surface area contributed by atoms with E-state index in [-0.39, 0.29) is 29.1 Å². The number of amides is 1. The average molecular weight is 426 g/mol. The normalized spacial score (nSPS) is 11.1. The number of phenols is 2. The number of hydrogen-bond acceptors (Lipinski definition) is 8. The van der Waals surface area contributed by atoms with Crippen LogP contribution in [0.3, 0.4) is 0 Å². The van der Waals surface area contributed by atoms with E-state index in [9.17, 15) is 15.0 Å². The second-order valence-electron chi connectivity index (χ2n) is 7.42. The number of carbonyl (C=O) groups excluding carboxylic acids is 1. The molecule has 4 N–H and O–H groups in total. The summed E-state index contributed by atoms with van der Waals surface area (Å²) in [5, 5.41) is 28.6. The number of nitrogens with two attached hydrogens (primary N) is 1. The van der Waals surface area contributed by atoms with Crippen molar-refractivity contribution >= 4 is 11.7 Å². The van der Waals surface area contributed by atoms with Crippen molar-refractivity contribution in [2.45, 2.75) is 19.8 Å². The molecule has 31 heavy (non-hydrogen) atoms. The number of anilines is 1. The number of rotatable bonds is 8. The minimum absolute atomic E-state index is 0.00470. The highest BCUT2D eigenvalue weighted by molar-refractivity contribution is 5.90. The van der Waals surface area contributed by atoms with Gasteiger partial charge in [-0.2, -0.15) is 0 Å². The van der Waals surface area contributed by atoms with Crippen molar-refractivity contribution in [1.82, 2.24) is 19.7 Å². The van der Waals surface area contributed by atoms with Crippen LogP contribution in [0.5, 0.6) is 11.5 Å². The Hall–Kier alpha value is -3.66. The van der Waals surface area contributed by atoms with Gasteiger partial charge in [-0.25, -0.2) is 4.98 Å². The summed E-state index contributed by atoms with van der Waals surface area (Å²) in [6, 6.07) is 6.42. The molecule has 0 saturated heterocycles. The van der Waals surface area contributed by atoms with Crippen molar-refractivity contribution in [2.75, 3.05) is 32.2 Å². The van der Waals surface area contributed by atoms with E-state index in [0.717, 1.165) is 0 Å². The van der Waals surface area contributed by atoms with E-state index in [1.807, 2.05) is 25.8 Å². The number of aromatic hydroxyl groups is 2. The van der Waals surface area contributed by atoms with Gasteiger partial charge in [-0.15, -0.1) is 10.2 Å². The quantitative estimate of drug-likeness (QED) is 0.497. The number of aromatic nitrogens is 4. The second kappa shape index (κ2) is 9.00. The minimum Gasteiger partial charge on any atom is -0.508 e. The molecule has 0 atom stereocenters. The summed E-state index contributed by atoms with van der Waals surface area (Å²) in [7, 11) is 3.52. The van der Waals surface area contributed by atoms with Gasteiger partial charge in [0.25, 0.3) is 5.91 Å². The van der Waals surface area contributed by atoms with Crippen LogP contribution in [-0.2, 0) is 4.74 Å². The molecule has 10 nitrogen and oxygen atoms in total. The van der Waals surface area contributed by atoms with Gasteiger partial charge in [-0.3, -0.25) is 9.36 Å². The number of phenolic OH excluding ortho intramolecular Hbond substituents is 2. The van der Waals surface area contributed by atoms with Crippen LogP contribution in [0, 0.1) is 0 Å². The Balaban J connectivity index is 2.11. The van der Waals surface area contributed by atoms with Gasteiger partial charge < -0.3 is 25.6 Å². The van der Waals surface area contributed by atoms with Crippen molar-refractivity contribution in [3.8, 4) is 28.6 Å². The molecule has 0 aliphatic heterocycles. The standard InChI is InChI=1S/C21H26N6O4/c1-12(2)14-9-15(17(29)10-16(14)28)20-24-25-21(19(22)30)27(20)13-5-6-18(23-11-13)26(3)7-8-31-4/h5-6,9-12,28-29H,7-8H2,1-4H3,(H2,22,30). The molecule has 3 rings (SSSR count). The third kappa shape index (κ3) is 4.43. The molecule has 0 spiro atoms. The Kier molecular flexibility index (Phi) is 6.40. The molecule has 0 fully saturated rings. The lowest BCUT2D eigenvalue weighted by molar-refractivity contribution is 0.0988. The zero-order valence-corrected chi connectivity index (χ0v) is 17.9. The van der Waals surface area contributed by atoms with Gasteiger partial charge in [-0.05, 0) is 29.7 Å². The van der Waals surface area contributed by atoms with Crippen LogP contribution < -0.4 is 10.6 Å². The van der Waals surface area contributed by atoms with Crippen LogP contribution in [-0.4, -0.2) is 63.2 Å². The predicted octanol–water partition coefficient (Wildman–Crippen LogP) is 2.05. The molecule has 0 unspecified atom stereocenters. The first-order valence-electron chi connectivity index (χ1n) is 9.72. The fraction of sp³-hybridized carbons (Fsp3) is 0.333. The summed E-state index contributed by atoms with van der Waals surface area (Å²) in [5.41, 5.74) is 6.94. The number of methoxy groups -OCH3 is 1. The summed E-state index contributed by atoms with van der Waals surface area (Å²) in [4.78, 5) is 18.4. The number of primary amides is 1. The Morgan fingerprint density at radius 1 is 1.23 bits per heavy atom. The lowest BCUT2D eigenvalue weighted by Crippen LogP contribution is -2.23. The summed E-state index contributed by atoms with van der Waals surface area (Å²) in [5.74, 6) is -0.188. The zero-order valence-electron chi connectivity index (χ0n) is 17.9. The molecule has 0 bridgehead atoms. The van der Waals surface area contributed by atoms with E-state index in [1.165, 1.54) is 10.6 Å². The molecule has 0 aliphatic carbocycles. The topological polar surface area (TPSA) is 140 Å². The van der Waals surface area contributed by atoms with Crippen LogP contribution in [0.15, 0.2) is 30.5 Å². The molecule has 1 amide bonds. The van der Waals surface area contributed by atoms with Crippen molar-refractivity contribution in [1.29, 1.82) is 0 Å². The first-order chi connectivity index (χ1) is 14.7. The van der Waals surface area contributed by atoms with Gasteiger partial charge in [0.05, 0.1) is 24.1 Å². The average Bonchev–Trinajstić information content (AvgIpc) is 3.17. The van der Waals surface area contributed by atoms with Crippen molar-refractivity contribution in [3.63, 3.8) is 0 Å². The van der Waals surface area contributed by atoms with Crippen LogP contribution in [0.1, 0.15) is 35.9 Å². The van der Waals surface area contributed by atoms with Crippen LogP contribution in [0.25, 0.3) is 17.1 Å². The van der Waals surface area contributed by atoms with Crippen LogP contribution >= 0.6 is 0 Å². The largest absolute Gasteiger partial charge is 0.508 e. The molecule has 164 valence electrons. The maximum absolute atomic E-state index is 12.0. The number of hydrogen-bond donors (Lipinski definition) is 3. The van der Waals surface area contributed by atoms with E-state index in [1.54, 1.807) is 31.5 Å². The van der Waals surface area contributed by atoms with E-state index in [2.05, 4.69) is 15.2 Å². The summed E-state index contributed by atoms with van der Waals surface area (Å²) < 4.78 is 6.52. The van der Waals surface area contributed by atoms with Gasteiger partial charge >= 0.3 is 0 Å². The SMILES string of the molecule is COCCN(C)c1ccc(-n2c(C(N)=O)nnc2-c2cc(C(C)C)c(O)cc2O)cn1. The van der Waals surface area contributed by atoms with Gasteiger partial charge in [0.15, 0.2) is 5.82 Å². The van der Waals surface area contributed by atoms with Crippen LogP contribution in [0.2, 0.25) is 0 Å². The van der Waals surface area contributed by atoms with Gasteiger partial charge in [0.2, 0.25) is 5.82 Å². The van der Waals surface area contributed by atoms with Gasteiger partial charge in [0.1, 0.15) is 17.3 Å². The molecular weight excluding hydrogens is 400 g/mol. The number of pyridine rings is 1. The van der Waals surface area contributed by atoms with Gasteiger partial charge in [-0.1, -0.05) is 13.8 Å². The fourth-order valence-electron chi connectivity index (χ4n) is 3.18. The highest BCUT2D eigenvalue weighted by Gasteiger charge is 2.23. The Morgan fingerprint density at radius 3 is 2.55 bits per heavy atom. The smallest absolute Gasteiger partial charge is 0.287 e. The molecule has 0 saturated carbocycles. The summed E-state index contributed by atoms with van der Waals surface area (Å²) >= 11 is 0. The Morgan fingerprint density at radius 2 is 1.97 bits per heavy atom. The fourth-order valence-corrected chi connectivity index (χ4v) is 3.18. The summed E-state index contributed by atoms with van der Waals surface area (Å²) in [6.45, 7) is 5.04. The van der Waals surface area contributed by atoms with Crippen molar-refractivity contribution < 1.29 is 19.7 Å². The number of nitrogens with zero attached hydrogens (tertiary/aromatic N) is 5. The number of carbonyl (C=O) groups is 1. The predicted molar refractivity (Wildman–Crippen MR) is 116 cm³/mol. The monoisotopic (exact) mass is 426 g/mol. The molecule has 3 aromatic rings. The second-order valence-corrected chi connectivity index (χ2v) is 7.42. The van der Waals surface area contributed by atoms with Crippen molar-refractivity contribution in [3.05, 3.63) is 41.9 Å². The number of benzene rings is 1. The van der Waals surface area contributed by atoms with E-state index >= 15 is 0 Å². The Labute approximate surface area is 179 Å². The molecule has 1 aromatic carbocycles. The maximum atomic E-state index is 12.0. The van der Waals surface area contributed by atoms with Crippen molar-refractivity contribution in [2.24, 2.45) is 5.73 Å². The molecule has 0 aliphatic rings. The Bertz CT molecular complexity index is 1080. The van der Waals surface area contributed by atoms with Gasteiger partial charge in [0, 0.05) is 26.8 Å². The number of likely N-dealkylation sites (N-methyl/N-ethyl adjacent to an activating group) is 1. The van der Waals surface area contributed by atoms with E-state index < -0.39 is 5.91 Å². The molecule has 0 radical (unpaired) electrons. The van der Waals surface area contributed by atoms with Crippen LogP contribution in [0.4, 0.5) is 5.82 Å². The molecule has 10 heteroatoms. The zero-order chi connectivity index (χ0) is 22.7. The van der Waals surface area contributed by atoms with E-state index in [0.29, 0.717) is 35.8 Å². The third-order valence-electron chi connectivity index (χ3n) is 4.90. The first kappa shape index (κ1) is 22.0. The lowest BCUT2D eigenvalue weighted by Gasteiger charge is -2.18. The highest BCUT2D eigenvalue weighted by Crippen LogP contribution is 2.38. The molecular formula is C21H26N6O4. The molecule has 2 heterocycles. The third-order valence-corrected chi connectivity index (χ3v) is 4.90. The molecule has 2 aromatic heterocycles. The maximum Gasteiger partial charge on any atom is 0.287 e. The van der Waals surface area contributed by atoms with E-state index in [4.69, 9.17) is 10.5 Å². The minimum atomic E-state index is -0.776.